The Hall–Kier alpha value is -4.05. The largest absolute Gasteiger partial charge is 0.516 e. The third kappa shape index (κ3) is 4.81. The van der Waals surface area contributed by atoms with Gasteiger partial charge in [-0.1, -0.05) is 55.1 Å². The van der Waals surface area contributed by atoms with Crippen molar-refractivity contribution in [2.75, 3.05) is 4.72 Å². The van der Waals surface area contributed by atoms with Crippen molar-refractivity contribution in [2.45, 2.75) is 5.51 Å². The van der Waals surface area contributed by atoms with Gasteiger partial charge >= 0.3 is 15.5 Å². The number of hydrogen-bond acceptors (Lipinski definition) is 4. The Kier molecular flexibility index (Phi) is 5.92. The number of nitrogens with zero attached hydrogens (tertiary/aromatic N) is 1. The fourth-order valence-electron chi connectivity index (χ4n) is 3.31. The van der Waals surface area contributed by atoms with Crippen LogP contribution in [-0.4, -0.2) is 29.0 Å². The van der Waals surface area contributed by atoms with E-state index >= 15 is 0 Å². The molecule has 4 rings (SSSR count). The van der Waals surface area contributed by atoms with E-state index in [9.17, 15) is 26.7 Å². The third-order valence-electron chi connectivity index (χ3n) is 4.95. The van der Waals surface area contributed by atoms with Crippen molar-refractivity contribution in [1.82, 2.24) is 9.97 Å². The second kappa shape index (κ2) is 8.71. The van der Waals surface area contributed by atoms with E-state index in [4.69, 9.17) is 0 Å². The van der Waals surface area contributed by atoms with Gasteiger partial charge in [0.25, 0.3) is 0 Å². The summed E-state index contributed by atoms with van der Waals surface area (Å²) in [6, 6.07) is 18.4. The highest BCUT2D eigenvalue weighted by atomic mass is 32.2. The maximum atomic E-state index is 12.5. The van der Waals surface area contributed by atoms with Crippen molar-refractivity contribution < 1.29 is 26.7 Å². The van der Waals surface area contributed by atoms with Gasteiger partial charge in [-0.2, -0.15) is 21.6 Å². The van der Waals surface area contributed by atoms with Gasteiger partial charge < -0.3 is 10.1 Å². The van der Waals surface area contributed by atoms with E-state index in [0.29, 0.717) is 17.0 Å². The molecule has 0 aliphatic carbocycles. The molecule has 0 radical (unpaired) electrons. The van der Waals surface area contributed by atoms with Crippen molar-refractivity contribution in [3.8, 4) is 11.1 Å². The first kappa shape index (κ1) is 23.1. The molecule has 0 amide bonds. The maximum Gasteiger partial charge on any atom is 0.516 e. The summed E-state index contributed by atoms with van der Waals surface area (Å²) < 4.78 is 61.3. The predicted octanol–water partition coefficient (Wildman–Crippen LogP) is 6.19. The van der Waals surface area contributed by atoms with Gasteiger partial charge in [0.05, 0.1) is 11.0 Å². The average Bonchev–Trinajstić information content (AvgIpc) is 3.20. The van der Waals surface area contributed by atoms with Crippen molar-refractivity contribution in [3.05, 3.63) is 90.3 Å². The summed E-state index contributed by atoms with van der Waals surface area (Å²) in [5.41, 5.74) is -1.14. The number of H-pyrrole nitrogens is 1. The molecule has 0 saturated carbocycles. The number of nitrogens with one attached hydrogen (secondary N) is 2. The highest BCUT2D eigenvalue weighted by Crippen LogP contribution is 2.29. The van der Waals surface area contributed by atoms with Gasteiger partial charge in [0.1, 0.15) is 11.6 Å². The number of halogens is 3. The second-order valence-corrected chi connectivity index (χ2v) is 9.03. The Morgan fingerprint density at radius 2 is 1.74 bits per heavy atom. The van der Waals surface area contributed by atoms with Crippen LogP contribution in [0.3, 0.4) is 0 Å². The van der Waals surface area contributed by atoms with E-state index in [1.165, 1.54) is 29.0 Å². The summed E-state index contributed by atoms with van der Waals surface area (Å²) in [5.74, 6) is 0.523. The van der Waals surface area contributed by atoms with Gasteiger partial charge in [0.15, 0.2) is 0 Å². The Morgan fingerprint density at radius 3 is 2.41 bits per heavy atom. The SMILES string of the molecule is C=C(O)c1ccccc1-c1ccc2nc(/C=C/c3ccc(NS(=O)(=O)C(F)(F)F)cc3)[nH]c2c1. The third-order valence-corrected chi connectivity index (χ3v) is 6.06. The van der Waals surface area contributed by atoms with Crippen LogP contribution in [0.15, 0.2) is 73.3 Å². The van der Waals surface area contributed by atoms with Crippen LogP contribution in [-0.2, 0) is 10.0 Å². The number of alkyl halides is 3. The van der Waals surface area contributed by atoms with E-state index in [0.717, 1.165) is 22.2 Å². The molecule has 4 aromatic rings. The van der Waals surface area contributed by atoms with Gasteiger partial charge in [-0.15, -0.1) is 0 Å². The fourth-order valence-corrected chi connectivity index (χ4v) is 3.87. The molecule has 0 unspecified atom stereocenters. The number of aromatic nitrogens is 2. The first-order valence-electron chi connectivity index (χ1n) is 9.88. The average molecular weight is 485 g/mol. The molecule has 3 aromatic carbocycles. The second-order valence-electron chi connectivity index (χ2n) is 7.35. The Bertz CT molecular complexity index is 1510. The van der Waals surface area contributed by atoms with E-state index in [1.54, 1.807) is 18.2 Å². The molecular formula is C24H18F3N3O3S. The van der Waals surface area contributed by atoms with Gasteiger partial charge in [0.2, 0.25) is 0 Å². The summed E-state index contributed by atoms with van der Waals surface area (Å²) in [4.78, 5) is 7.67. The van der Waals surface area contributed by atoms with E-state index in [1.807, 2.05) is 36.4 Å². The van der Waals surface area contributed by atoms with Crippen LogP contribution >= 0.6 is 0 Å². The van der Waals surface area contributed by atoms with Gasteiger partial charge in [-0.05, 0) is 47.0 Å². The fraction of sp³-hybridized carbons (Fsp3) is 0.0417. The van der Waals surface area contributed by atoms with Crippen LogP contribution in [0, 0.1) is 0 Å². The highest BCUT2D eigenvalue weighted by molar-refractivity contribution is 7.93. The lowest BCUT2D eigenvalue weighted by molar-refractivity contribution is -0.0429. The molecule has 34 heavy (non-hydrogen) atoms. The minimum Gasteiger partial charge on any atom is -0.508 e. The molecule has 0 atom stereocenters. The molecule has 1 heterocycles. The predicted molar refractivity (Wildman–Crippen MR) is 127 cm³/mol. The molecule has 0 bridgehead atoms. The van der Waals surface area contributed by atoms with Crippen LogP contribution in [0.4, 0.5) is 18.9 Å². The monoisotopic (exact) mass is 485 g/mol. The number of aliphatic hydroxyl groups is 1. The molecule has 0 aliphatic rings. The standard InChI is InChI=1S/C24H18F3N3O3S/c1-15(31)19-4-2-3-5-20(19)17-9-12-21-22(14-17)29-23(28-21)13-8-16-6-10-18(11-7-16)30-34(32,33)24(25,26)27/h2-14,30-31H,1H2,(H,28,29)/b13-8+. The lowest BCUT2D eigenvalue weighted by Gasteiger charge is -2.10. The van der Waals surface area contributed by atoms with Crippen LogP contribution in [0.5, 0.6) is 0 Å². The molecule has 3 N–H and O–H groups in total. The van der Waals surface area contributed by atoms with E-state index in [-0.39, 0.29) is 11.4 Å². The minimum atomic E-state index is -5.47. The molecule has 10 heteroatoms. The molecule has 1 aromatic heterocycles. The summed E-state index contributed by atoms with van der Waals surface area (Å²) in [7, 11) is -5.47. The number of imidazole rings is 1. The van der Waals surface area contributed by atoms with Crippen molar-refractivity contribution in [3.63, 3.8) is 0 Å². The molecule has 0 aliphatic heterocycles. The molecule has 174 valence electrons. The number of anilines is 1. The van der Waals surface area contributed by atoms with Crippen molar-refractivity contribution >= 4 is 44.7 Å². The molecule has 0 fully saturated rings. The number of aliphatic hydroxyl groups excluding tert-OH is 1. The van der Waals surface area contributed by atoms with Gasteiger partial charge in [-0.3, -0.25) is 4.72 Å². The Balaban J connectivity index is 1.54. The zero-order valence-electron chi connectivity index (χ0n) is 17.5. The summed E-state index contributed by atoms with van der Waals surface area (Å²) in [5, 5.41) is 9.86. The first-order valence-corrected chi connectivity index (χ1v) is 11.4. The van der Waals surface area contributed by atoms with Gasteiger partial charge in [0, 0.05) is 11.3 Å². The van der Waals surface area contributed by atoms with Crippen molar-refractivity contribution in [1.29, 1.82) is 0 Å². The number of sulfonamides is 1. The number of hydrogen-bond donors (Lipinski definition) is 3. The van der Waals surface area contributed by atoms with Crippen LogP contribution < -0.4 is 4.72 Å². The van der Waals surface area contributed by atoms with E-state index < -0.39 is 15.5 Å². The minimum absolute atomic E-state index is 0.0267. The zero-order chi connectivity index (χ0) is 24.5. The first-order chi connectivity index (χ1) is 16.0. The molecule has 6 nitrogen and oxygen atoms in total. The Morgan fingerprint density at radius 1 is 1.03 bits per heavy atom. The molecular weight excluding hydrogens is 467 g/mol. The van der Waals surface area contributed by atoms with E-state index in [2.05, 4.69) is 16.5 Å². The number of rotatable bonds is 6. The lowest BCUT2D eigenvalue weighted by Crippen LogP contribution is -2.29. The zero-order valence-corrected chi connectivity index (χ0v) is 18.3. The van der Waals surface area contributed by atoms with Crippen molar-refractivity contribution in [2.24, 2.45) is 0 Å². The van der Waals surface area contributed by atoms with Crippen LogP contribution in [0.2, 0.25) is 0 Å². The number of benzene rings is 3. The summed E-state index contributed by atoms with van der Waals surface area (Å²) in [6.45, 7) is 3.61. The van der Waals surface area contributed by atoms with Crippen LogP contribution in [0.1, 0.15) is 17.0 Å². The Labute approximate surface area is 193 Å². The lowest BCUT2D eigenvalue weighted by atomic mass is 9.98. The van der Waals surface area contributed by atoms with Gasteiger partial charge in [-0.25, -0.2) is 4.98 Å². The highest BCUT2D eigenvalue weighted by Gasteiger charge is 2.45. The van der Waals surface area contributed by atoms with Crippen LogP contribution in [0.25, 0.3) is 40.1 Å². The normalized spacial score (nSPS) is 12.3. The smallest absolute Gasteiger partial charge is 0.508 e. The quantitative estimate of drug-likeness (QED) is 0.284. The molecule has 0 spiro atoms. The summed E-state index contributed by atoms with van der Waals surface area (Å²) in [6.07, 6.45) is 3.38. The number of fused-ring (bicyclic) bond motifs is 1. The topological polar surface area (TPSA) is 95.1 Å². The number of aromatic amines is 1. The maximum absolute atomic E-state index is 12.5. The molecule has 0 saturated heterocycles. The summed E-state index contributed by atoms with van der Waals surface area (Å²) >= 11 is 0.